The van der Waals surface area contributed by atoms with Crippen LogP contribution in [0.5, 0.6) is 0 Å². The van der Waals surface area contributed by atoms with Crippen molar-refractivity contribution in [2.45, 2.75) is 174 Å². The second-order valence-corrected chi connectivity index (χ2v) is 13.0. The average Bonchev–Trinajstić information content (AvgIpc) is 3.10. The van der Waals surface area contributed by atoms with Gasteiger partial charge in [-0.15, -0.1) is 0 Å². The average molecular weight is 697 g/mol. The summed E-state index contributed by atoms with van der Waals surface area (Å²) in [5.41, 5.74) is 5.46. The molecule has 0 aliphatic carbocycles. The zero-order valence-electron chi connectivity index (χ0n) is 31.7. The normalized spacial score (nSPS) is 13.5. The molecule has 0 fully saturated rings. The van der Waals surface area contributed by atoms with Gasteiger partial charge in [0, 0.05) is 6.42 Å². The summed E-state index contributed by atoms with van der Waals surface area (Å²) in [4.78, 5) is 36.1. The first-order valence-electron chi connectivity index (χ1n) is 19.8. The molecule has 50 heavy (non-hydrogen) atoms. The Morgan fingerprint density at radius 2 is 1.18 bits per heavy atom. The molecule has 0 rings (SSSR count). The van der Waals surface area contributed by atoms with Crippen molar-refractivity contribution in [3.8, 4) is 0 Å². The number of carbonyl (C=O) groups excluding carboxylic acids is 2. The Bertz CT molecular complexity index is 1010. The quantitative estimate of drug-likeness (QED) is 0.0350. The van der Waals surface area contributed by atoms with Crippen molar-refractivity contribution in [2.24, 2.45) is 5.73 Å². The van der Waals surface area contributed by atoms with E-state index in [9.17, 15) is 19.5 Å². The lowest BCUT2D eigenvalue weighted by Gasteiger charge is -2.14. The summed E-state index contributed by atoms with van der Waals surface area (Å²) < 4.78 is 5.87. The number of esters is 1. The predicted octanol–water partition coefficient (Wildman–Crippen LogP) is 10.8. The maximum Gasteiger partial charge on any atom is 0.326 e. The highest BCUT2D eigenvalue weighted by atomic mass is 16.5. The van der Waals surface area contributed by atoms with Gasteiger partial charge >= 0.3 is 11.9 Å². The molecular formula is C43H72N2O5. The summed E-state index contributed by atoms with van der Waals surface area (Å²) >= 11 is 0. The van der Waals surface area contributed by atoms with E-state index in [2.05, 4.69) is 79.9 Å². The Morgan fingerprint density at radius 3 is 1.76 bits per heavy atom. The third-order valence-electron chi connectivity index (χ3n) is 8.27. The topological polar surface area (TPSA) is 119 Å². The van der Waals surface area contributed by atoms with Crippen molar-refractivity contribution in [3.63, 3.8) is 0 Å². The van der Waals surface area contributed by atoms with Gasteiger partial charge in [0.05, 0.1) is 6.42 Å². The van der Waals surface area contributed by atoms with Gasteiger partial charge in [-0.25, -0.2) is 4.79 Å². The predicted molar refractivity (Wildman–Crippen MR) is 211 cm³/mol. The van der Waals surface area contributed by atoms with E-state index >= 15 is 0 Å². The number of nitrogens with one attached hydrogen (secondary N) is 1. The molecule has 2 unspecified atom stereocenters. The molecule has 0 aliphatic heterocycles. The Hall–Kier alpha value is -3.19. The lowest BCUT2D eigenvalue weighted by atomic mass is 10.0. The van der Waals surface area contributed by atoms with E-state index in [1.807, 2.05) is 12.2 Å². The van der Waals surface area contributed by atoms with Gasteiger partial charge in [0.15, 0.2) is 0 Å². The van der Waals surface area contributed by atoms with Gasteiger partial charge in [-0.3, -0.25) is 9.59 Å². The van der Waals surface area contributed by atoms with Crippen molar-refractivity contribution in [3.05, 3.63) is 72.9 Å². The molecule has 0 spiro atoms. The molecule has 1 amide bonds. The fourth-order valence-corrected chi connectivity index (χ4v) is 5.32. The Balaban J connectivity index is 4.44. The largest absolute Gasteiger partial charge is 0.480 e. The lowest BCUT2D eigenvalue weighted by molar-refractivity contribution is -0.146. The molecular weight excluding hydrogens is 624 g/mol. The zero-order valence-corrected chi connectivity index (χ0v) is 31.7. The molecule has 7 heteroatoms. The third-order valence-corrected chi connectivity index (χ3v) is 8.27. The van der Waals surface area contributed by atoms with Gasteiger partial charge in [0.1, 0.15) is 12.1 Å². The number of aliphatic carboxylic acids is 1. The van der Waals surface area contributed by atoms with E-state index in [0.29, 0.717) is 25.8 Å². The first-order chi connectivity index (χ1) is 24.4. The number of allylic oxidation sites excluding steroid dienone is 10. The van der Waals surface area contributed by atoms with Crippen molar-refractivity contribution in [1.29, 1.82) is 0 Å². The Kier molecular flexibility index (Phi) is 34.7. The molecule has 0 aromatic carbocycles. The molecule has 0 aromatic rings. The van der Waals surface area contributed by atoms with Gasteiger partial charge in [-0.1, -0.05) is 138 Å². The van der Waals surface area contributed by atoms with E-state index in [4.69, 9.17) is 10.5 Å². The van der Waals surface area contributed by atoms with Gasteiger partial charge < -0.3 is 20.9 Å². The SMILES string of the molecule is CC/C=C\C/C=C\C/C=C\C/C=C\C/C=C\CC(=O)OC(/C=C\CCCCCCCC)CCCCCCCCC(=O)NC(CCCN)C(=O)O. The van der Waals surface area contributed by atoms with Gasteiger partial charge in [-0.05, 0) is 89.7 Å². The van der Waals surface area contributed by atoms with E-state index in [0.717, 1.165) is 83.5 Å². The van der Waals surface area contributed by atoms with Gasteiger partial charge in [0.2, 0.25) is 5.91 Å². The first-order valence-corrected chi connectivity index (χ1v) is 19.8. The van der Waals surface area contributed by atoms with E-state index < -0.39 is 12.0 Å². The number of hydrogen-bond acceptors (Lipinski definition) is 5. The maximum absolute atomic E-state index is 12.6. The van der Waals surface area contributed by atoms with Crippen molar-refractivity contribution in [1.82, 2.24) is 5.32 Å². The minimum atomic E-state index is -1.01. The fourth-order valence-electron chi connectivity index (χ4n) is 5.32. The van der Waals surface area contributed by atoms with E-state index in [-0.39, 0.29) is 24.4 Å². The summed E-state index contributed by atoms with van der Waals surface area (Å²) in [5, 5.41) is 11.9. The number of rotatable bonds is 34. The van der Waals surface area contributed by atoms with Crippen molar-refractivity contribution >= 4 is 17.8 Å². The molecule has 0 bridgehead atoms. The number of ether oxygens (including phenoxy) is 1. The van der Waals surface area contributed by atoms with Crippen LogP contribution in [-0.4, -0.2) is 41.6 Å². The monoisotopic (exact) mass is 697 g/mol. The third kappa shape index (κ3) is 33.3. The van der Waals surface area contributed by atoms with E-state index in [1.54, 1.807) is 0 Å². The number of carboxylic acids is 1. The molecule has 0 radical (unpaired) electrons. The molecule has 284 valence electrons. The van der Waals surface area contributed by atoms with Crippen LogP contribution in [0.3, 0.4) is 0 Å². The molecule has 7 nitrogen and oxygen atoms in total. The summed E-state index contributed by atoms with van der Waals surface area (Å²) in [5.74, 6) is -1.41. The highest BCUT2D eigenvalue weighted by Crippen LogP contribution is 2.15. The standard InChI is InChI=1S/C43H72N2O5/c1-3-5-7-9-11-13-14-15-16-17-18-19-21-27-31-37-42(47)50-39(33-28-24-20-12-10-8-6-4-2)34-29-25-22-23-26-30-36-41(46)45-40(43(48)49)35-32-38-44/h5,7,11,13,15-16,18-19,27-28,31,33,39-40H,3-4,6,8-10,12,14,17,20-26,29-30,32,34-38,44H2,1-2H3,(H,45,46)(H,48,49)/b7-5-,13-11-,16-15-,19-18-,31-27-,33-28-. The van der Waals surface area contributed by atoms with Crippen LogP contribution in [0.4, 0.5) is 0 Å². The number of hydrogen-bond donors (Lipinski definition) is 3. The molecule has 0 heterocycles. The smallest absolute Gasteiger partial charge is 0.326 e. The van der Waals surface area contributed by atoms with E-state index in [1.165, 1.54) is 38.5 Å². The second-order valence-electron chi connectivity index (χ2n) is 13.0. The zero-order chi connectivity index (χ0) is 36.8. The molecule has 4 N–H and O–H groups in total. The molecule has 0 aliphatic rings. The molecule has 2 atom stereocenters. The van der Waals surface area contributed by atoms with Crippen molar-refractivity contribution < 1.29 is 24.2 Å². The van der Waals surface area contributed by atoms with Crippen LogP contribution in [0.25, 0.3) is 0 Å². The van der Waals surface area contributed by atoms with Crippen LogP contribution in [0.15, 0.2) is 72.9 Å². The minimum Gasteiger partial charge on any atom is -0.480 e. The van der Waals surface area contributed by atoms with Gasteiger partial charge in [-0.2, -0.15) is 0 Å². The second kappa shape index (κ2) is 37.1. The van der Waals surface area contributed by atoms with Crippen LogP contribution in [-0.2, 0) is 19.1 Å². The summed E-state index contributed by atoms with van der Waals surface area (Å²) in [6.45, 7) is 4.79. The van der Waals surface area contributed by atoms with Crippen LogP contribution in [0.2, 0.25) is 0 Å². The number of carboxylic acid groups (broad SMARTS) is 1. The number of nitrogens with two attached hydrogens (primary N) is 1. The fraction of sp³-hybridized carbons (Fsp3) is 0.651. The summed E-state index contributed by atoms with van der Waals surface area (Å²) in [6.07, 6.45) is 46.9. The first kappa shape index (κ1) is 46.8. The highest BCUT2D eigenvalue weighted by Gasteiger charge is 2.18. The number of unbranched alkanes of at least 4 members (excludes halogenated alkanes) is 11. The minimum absolute atomic E-state index is 0.188. The van der Waals surface area contributed by atoms with Crippen molar-refractivity contribution in [2.75, 3.05) is 6.54 Å². The summed E-state index contributed by atoms with van der Waals surface area (Å²) in [7, 11) is 0. The Morgan fingerprint density at radius 1 is 0.640 bits per heavy atom. The van der Waals surface area contributed by atoms with Crippen LogP contribution >= 0.6 is 0 Å². The highest BCUT2D eigenvalue weighted by molar-refractivity contribution is 5.83. The molecule has 0 saturated carbocycles. The van der Waals surface area contributed by atoms with Gasteiger partial charge in [0.25, 0.3) is 0 Å². The molecule has 0 saturated heterocycles. The lowest BCUT2D eigenvalue weighted by Crippen LogP contribution is -2.40. The molecule has 0 aromatic heterocycles. The number of carbonyl (C=O) groups is 3. The number of amides is 1. The Labute approximate surface area is 305 Å². The summed E-state index contributed by atoms with van der Waals surface area (Å²) in [6, 6.07) is -0.861. The van der Waals surface area contributed by atoms with Crippen LogP contribution in [0, 0.1) is 0 Å². The van der Waals surface area contributed by atoms with Crippen LogP contribution < -0.4 is 11.1 Å². The van der Waals surface area contributed by atoms with Crippen LogP contribution in [0.1, 0.15) is 162 Å². The maximum atomic E-state index is 12.6.